The number of carbonyl (C=O) groups excluding carboxylic acids is 1. The number of anilines is 1. The normalized spacial score (nSPS) is 39.6. The van der Waals surface area contributed by atoms with Gasteiger partial charge in [-0.15, -0.1) is 0 Å². The number of aliphatic hydroxyl groups is 1. The maximum Gasteiger partial charge on any atom is 0.226 e. The first-order chi connectivity index (χ1) is 13.1. The second-order valence-electron chi connectivity index (χ2n) is 9.10. The van der Waals surface area contributed by atoms with Crippen LogP contribution >= 0.6 is 0 Å². The molecule has 1 aromatic rings. The Balaban J connectivity index is 1.25. The van der Waals surface area contributed by atoms with Crippen LogP contribution in [0.2, 0.25) is 0 Å². The van der Waals surface area contributed by atoms with E-state index in [-0.39, 0.29) is 23.5 Å². The molecular weight excluding hydrogens is 342 g/mol. The summed E-state index contributed by atoms with van der Waals surface area (Å²) in [6.45, 7) is 1.75. The summed E-state index contributed by atoms with van der Waals surface area (Å²) in [6, 6.07) is 5.98. The average Bonchev–Trinajstić information content (AvgIpc) is 3.09. The first kappa shape index (κ1) is 17.3. The van der Waals surface area contributed by atoms with Crippen molar-refractivity contribution in [2.45, 2.75) is 50.7 Å². The SMILES string of the molecule is COc1cccc(N2CCC[C@H](NC(=O)C34CC5CC(C3)C(C4)C5O)C2)n1. The number of carbonyl (C=O) groups is 1. The summed E-state index contributed by atoms with van der Waals surface area (Å²) >= 11 is 0. The van der Waals surface area contributed by atoms with Gasteiger partial charge in [0.1, 0.15) is 5.82 Å². The fourth-order valence-corrected chi connectivity index (χ4v) is 6.38. The molecule has 5 unspecified atom stereocenters. The number of aliphatic hydroxyl groups excluding tert-OH is 1. The Kier molecular flexibility index (Phi) is 4.08. The van der Waals surface area contributed by atoms with Gasteiger partial charge in [0.25, 0.3) is 0 Å². The smallest absolute Gasteiger partial charge is 0.226 e. The van der Waals surface area contributed by atoms with Gasteiger partial charge in [0, 0.05) is 25.2 Å². The second kappa shape index (κ2) is 6.36. The highest BCUT2D eigenvalue weighted by Gasteiger charge is 2.63. The van der Waals surface area contributed by atoms with Crippen LogP contribution < -0.4 is 15.0 Å². The Bertz CT molecular complexity index is 737. The first-order valence-electron chi connectivity index (χ1n) is 10.3. The summed E-state index contributed by atoms with van der Waals surface area (Å²) in [6.07, 6.45) is 5.76. The average molecular weight is 371 g/mol. The third kappa shape index (κ3) is 2.80. The Morgan fingerprint density at radius 1 is 1.33 bits per heavy atom. The van der Waals surface area contributed by atoms with Crippen LogP contribution in [0.3, 0.4) is 0 Å². The molecule has 2 heterocycles. The van der Waals surface area contributed by atoms with Crippen molar-refractivity contribution in [3.8, 4) is 5.88 Å². The molecule has 146 valence electrons. The maximum absolute atomic E-state index is 13.2. The molecule has 6 atom stereocenters. The first-order valence-corrected chi connectivity index (χ1v) is 10.3. The van der Waals surface area contributed by atoms with Crippen LogP contribution in [0, 0.1) is 23.2 Å². The van der Waals surface area contributed by atoms with Gasteiger partial charge in [0.05, 0.1) is 18.6 Å². The van der Waals surface area contributed by atoms with E-state index in [1.54, 1.807) is 7.11 Å². The van der Waals surface area contributed by atoms with Gasteiger partial charge >= 0.3 is 0 Å². The molecule has 0 radical (unpaired) electrons. The molecular formula is C21H29N3O3. The lowest BCUT2D eigenvalue weighted by Crippen LogP contribution is -2.53. The lowest BCUT2D eigenvalue weighted by Gasteiger charge is -2.41. The topological polar surface area (TPSA) is 74.7 Å². The van der Waals surface area contributed by atoms with Crippen LogP contribution in [-0.2, 0) is 4.79 Å². The highest BCUT2D eigenvalue weighted by Crippen LogP contribution is 2.64. The summed E-state index contributed by atoms with van der Waals surface area (Å²) in [4.78, 5) is 20.0. The molecule has 6 heteroatoms. The van der Waals surface area contributed by atoms with E-state index in [1.807, 2.05) is 18.2 Å². The zero-order valence-electron chi connectivity index (χ0n) is 15.9. The maximum atomic E-state index is 13.2. The van der Waals surface area contributed by atoms with Crippen molar-refractivity contribution in [3.63, 3.8) is 0 Å². The number of pyridine rings is 1. The zero-order chi connectivity index (χ0) is 18.6. The van der Waals surface area contributed by atoms with Crippen molar-refractivity contribution >= 4 is 11.7 Å². The zero-order valence-corrected chi connectivity index (χ0v) is 15.9. The minimum Gasteiger partial charge on any atom is -0.481 e. The van der Waals surface area contributed by atoms with E-state index in [1.165, 1.54) is 0 Å². The van der Waals surface area contributed by atoms with Crippen LogP contribution in [0.5, 0.6) is 5.88 Å². The number of hydrogen-bond acceptors (Lipinski definition) is 5. The predicted molar refractivity (Wildman–Crippen MR) is 102 cm³/mol. The number of nitrogens with one attached hydrogen (secondary N) is 1. The Labute approximate surface area is 160 Å². The van der Waals surface area contributed by atoms with E-state index < -0.39 is 0 Å². The molecule has 4 aliphatic carbocycles. The van der Waals surface area contributed by atoms with Gasteiger partial charge in [-0.3, -0.25) is 4.79 Å². The minimum atomic E-state index is -0.214. The van der Waals surface area contributed by atoms with Crippen molar-refractivity contribution in [3.05, 3.63) is 18.2 Å². The highest BCUT2D eigenvalue weighted by atomic mass is 16.5. The number of nitrogens with zero attached hydrogens (tertiary/aromatic N) is 2. The number of amides is 1. The van der Waals surface area contributed by atoms with Gasteiger partial charge in [-0.2, -0.15) is 4.98 Å². The lowest BCUT2D eigenvalue weighted by atomic mass is 9.68. The molecule has 0 spiro atoms. The summed E-state index contributed by atoms with van der Waals surface area (Å²) in [5.74, 6) is 3.03. The fraction of sp³-hybridized carbons (Fsp3) is 0.714. The molecule has 6 rings (SSSR count). The third-order valence-electron chi connectivity index (χ3n) is 7.55. The molecule has 4 saturated carbocycles. The van der Waals surface area contributed by atoms with Crippen molar-refractivity contribution in [2.75, 3.05) is 25.1 Å². The van der Waals surface area contributed by atoms with E-state index in [4.69, 9.17) is 4.74 Å². The largest absolute Gasteiger partial charge is 0.481 e. The standard InChI is InChI=1S/C21H29N3O3/c1-27-18-6-2-5-17(23-18)24-7-3-4-15(12-24)22-20(26)21-9-13-8-14(10-21)19(25)16(13)11-21/h2,5-6,13-16,19,25H,3-4,7-12H2,1H3,(H,22,26)/t13?,14?,15-,16?,19?,21?/m0/s1. The Morgan fingerprint density at radius 3 is 2.96 bits per heavy atom. The van der Waals surface area contributed by atoms with Gasteiger partial charge in [0.2, 0.25) is 11.8 Å². The fourth-order valence-electron chi connectivity index (χ4n) is 6.38. The van der Waals surface area contributed by atoms with E-state index in [0.717, 1.165) is 57.4 Å². The van der Waals surface area contributed by atoms with Crippen LogP contribution in [0.4, 0.5) is 5.82 Å². The van der Waals surface area contributed by atoms with Crippen LogP contribution in [0.1, 0.15) is 38.5 Å². The van der Waals surface area contributed by atoms with Crippen LogP contribution in [-0.4, -0.2) is 48.3 Å². The quantitative estimate of drug-likeness (QED) is 0.846. The molecule has 27 heavy (non-hydrogen) atoms. The molecule has 1 amide bonds. The molecule has 2 N–H and O–H groups in total. The van der Waals surface area contributed by atoms with E-state index in [2.05, 4.69) is 15.2 Å². The lowest BCUT2D eigenvalue weighted by molar-refractivity contribution is -0.136. The summed E-state index contributed by atoms with van der Waals surface area (Å²) in [5, 5.41) is 13.7. The highest BCUT2D eigenvalue weighted by molar-refractivity contribution is 5.84. The number of hydrogen-bond donors (Lipinski definition) is 2. The van der Waals surface area contributed by atoms with Crippen LogP contribution in [0.15, 0.2) is 18.2 Å². The van der Waals surface area contributed by atoms with Gasteiger partial charge in [0.15, 0.2) is 0 Å². The van der Waals surface area contributed by atoms with Gasteiger partial charge in [-0.25, -0.2) is 0 Å². The molecule has 1 aromatic heterocycles. The number of aromatic nitrogens is 1. The van der Waals surface area contributed by atoms with Gasteiger partial charge < -0.3 is 20.1 Å². The number of piperidine rings is 1. The summed E-state index contributed by atoms with van der Waals surface area (Å²) < 4.78 is 5.24. The number of ether oxygens (including phenoxy) is 1. The summed E-state index contributed by atoms with van der Waals surface area (Å²) in [5.41, 5.74) is -0.214. The summed E-state index contributed by atoms with van der Waals surface area (Å²) in [7, 11) is 1.63. The van der Waals surface area contributed by atoms with Crippen LogP contribution in [0.25, 0.3) is 0 Å². The molecule has 5 aliphatic rings. The van der Waals surface area contributed by atoms with Gasteiger partial charge in [-0.1, -0.05) is 6.07 Å². The Hall–Kier alpha value is -1.82. The van der Waals surface area contributed by atoms with Crippen molar-refractivity contribution in [2.24, 2.45) is 23.2 Å². The van der Waals surface area contributed by atoms with Crippen molar-refractivity contribution in [1.82, 2.24) is 10.3 Å². The number of rotatable bonds is 4. The van der Waals surface area contributed by atoms with Crippen molar-refractivity contribution < 1.29 is 14.6 Å². The van der Waals surface area contributed by atoms with E-state index in [9.17, 15) is 9.90 Å². The van der Waals surface area contributed by atoms with Crippen molar-refractivity contribution in [1.29, 1.82) is 0 Å². The molecule has 0 aromatic carbocycles. The second-order valence-corrected chi connectivity index (χ2v) is 9.10. The monoisotopic (exact) mass is 371 g/mol. The third-order valence-corrected chi connectivity index (χ3v) is 7.55. The molecule has 1 saturated heterocycles. The van der Waals surface area contributed by atoms with Gasteiger partial charge in [-0.05, 0) is 62.3 Å². The molecule has 1 aliphatic heterocycles. The van der Waals surface area contributed by atoms with E-state index >= 15 is 0 Å². The molecule has 4 bridgehead atoms. The molecule has 6 nitrogen and oxygen atoms in total. The Morgan fingerprint density at radius 2 is 2.19 bits per heavy atom. The number of methoxy groups -OCH3 is 1. The minimum absolute atomic E-state index is 0.163. The molecule has 5 fully saturated rings. The van der Waals surface area contributed by atoms with E-state index in [0.29, 0.717) is 23.6 Å². The predicted octanol–water partition coefficient (Wildman–Crippen LogP) is 1.97.